The molecule has 0 saturated heterocycles. The molecule has 2 rings (SSSR count). The van der Waals surface area contributed by atoms with E-state index in [1.165, 1.54) is 0 Å². The molecule has 0 fully saturated rings. The molecule has 4 nitrogen and oxygen atoms in total. The van der Waals surface area contributed by atoms with Crippen LogP contribution in [0, 0.1) is 0 Å². The minimum atomic E-state index is 0.573. The number of aromatic nitrogens is 2. The van der Waals surface area contributed by atoms with Crippen LogP contribution in [0.1, 0.15) is 0 Å². The first-order valence-electron chi connectivity index (χ1n) is 3.28. The van der Waals surface area contributed by atoms with E-state index in [0.29, 0.717) is 5.71 Å². The van der Waals surface area contributed by atoms with Gasteiger partial charge in [0.15, 0.2) is 0 Å². The number of fused-ring (bicyclic) bond motifs is 1. The number of hydrogen-bond acceptors (Lipinski definition) is 4. The number of hydrogen-bond donors (Lipinski definition) is 1. The van der Waals surface area contributed by atoms with E-state index in [2.05, 4.69) is 15.5 Å². The Morgan fingerprint density at radius 3 is 3.18 bits per heavy atom. The highest BCUT2D eigenvalue weighted by molar-refractivity contribution is 5.75. The van der Waals surface area contributed by atoms with Crippen molar-refractivity contribution in [3.63, 3.8) is 0 Å². The summed E-state index contributed by atoms with van der Waals surface area (Å²) in [5.41, 5.74) is 1.53. The molecule has 0 radical (unpaired) electrons. The molecule has 2 aromatic rings. The number of nitrogens with zero attached hydrogens (tertiary/aromatic N) is 2. The van der Waals surface area contributed by atoms with E-state index in [-0.39, 0.29) is 0 Å². The second kappa shape index (κ2) is 2.23. The number of pyridine rings is 1. The van der Waals surface area contributed by atoms with Crippen molar-refractivity contribution < 1.29 is 4.52 Å². The van der Waals surface area contributed by atoms with Gasteiger partial charge in [0, 0.05) is 7.05 Å². The average Bonchev–Trinajstić information content (AvgIpc) is 2.50. The molecule has 0 aliphatic heterocycles. The van der Waals surface area contributed by atoms with Gasteiger partial charge >= 0.3 is 0 Å². The normalized spacial score (nSPS) is 10.3. The summed E-state index contributed by atoms with van der Waals surface area (Å²) in [5, 5.41) is 7.50. The maximum Gasteiger partial charge on any atom is 0.257 e. The van der Waals surface area contributed by atoms with Gasteiger partial charge in [-0.1, -0.05) is 5.16 Å². The predicted octanol–water partition coefficient (Wildman–Crippen LogP) is 1.26. The van der Waals surface area contributed by atoms with Crippen LogP contribution >= 0.6 is 0 Å². The molecule has 0 spiro atoms. The van der Waals surface area contributed by atoms with Gasteiger partial charge in [-0.25, -0.2) is 4.98 Å². The molecule has 2 heterocycles. The van der Waals surface area contributed by atoms with E-state index in [1.54, 1.807) is 12.4 Å². The zero-order chi connectivity index (χ0) is 7.68. The summed E-state index contributed by atoms with van der Waals surface area (Å²) in [6.45, 7) is 0. The quantitative estimate of drug-likeness (QED) is 0.663. The Morgan fingerprint density at radius 1 is 1.45 bits per heavy atom. The van der Waals surface area contributed by atoms with Gasteiger partial charge < -0.3 is 9.84 Å². The zero-order valence-electron chi connectivity index (χ0n) is 6.03. The van der Waals surface area contributed by atoms with Crippen molar-refractivity contribution in [3.05, 3.63) is 18.5 Å². The Hall–Kier alpha value is -1.58. The van der Waals surface area contributed by atoms with Gasteiger partial charge in [0.2, 0.25) is 0 Å². The van der Waals surface area contributed by atoms with E-state index in [9.17, 15) is 0 Å². The minimum absolute atomic E-state index is 0.573. The molecule has 11 heavy (non-hydrogen) atoms. The van der Waals surface area contributed by atoms with E-state index < -0.39 is 0 Å². The average molecular weight is 149 g/mol. The topological polar surface area (TPSA) is 51.0 Å². The first-order chi connectivity index (χ1) is 5.40. The molecule has 0 aliphatic carbocycles. The van der Waals surface area contributed by atoms with E-state index in [0.717, 1.165) is 11.1 Å². The maximum absolute atomic E-state index is 4.83. The highest BCUT2D eigenvalue weighted by Gasteiger charge is 1.98. The van der Waals surface area contributed by atoms with E-state index >= 15 is 0 Å². The fourth-order valence-corrected chi connectivity index (χ4v) is 0.908. The lowest BCUT2D eigenvalue weighted by molar-refractivity contribution is 0.448. The van der Waals surface area contributed by atoms with Crippen molar-refractivity contribution in [2.24, 2.45) is 0 Å². The van der Waals surface area contributed by atoms with Gasteiger partial charge in [-0.15, -0.1) is 0 Å². The predicted molar refractivity (Wildman–Crippen MR) is 41.4 cm³/mol. The van der Waals surface area contributed by atoms with Gasteiger partial charge in [-0.05, 0) is 6.07 Å². The highest BCUT2D eigenvalue weighted by atomic mass is 16.5. The molecule has 0 unspecified atom stereocenters. The lowest BCUT2D eigenvalue weighted by Gasteiger charge is -1.95. The van der Waals surface area contributed by atoms with Crippen LogP contribution in [0.2, 0.25) is 0 Å². The van der Waals surface area contributed by atoms with Gasteiger partial charge in [0.1, 0.15) is 0 Å². The van der Waals surface area contributed by atoms with Crippen LogP contribution in [0.25, 0.3) is 11.1 Å². The van der Waals surface area contributed by atoms with E-state index in [4.69, 9.17) is 4.52 Å². The molecule has 0 atom stereocenters. The first-order valence-corrected chi connectivity index (χ1v) is 3.28. The van der Waals surface area contributed by atoms with E-state index in [1.807, 2.05) is 13.1 Å². The highest BCUT2D eigenvalue weighted by Crippen LogP contribution is 2.14. The summed E-state index contributed by atoms with van der Waals surface area (Å²) in [6.07, 6.45) is 3.34. The molecule has 2 aromatic heterocycles. The van der Waals surface area contributed by atoms with Gasteiger partial charge in [-0.2, -0.15) is 0 Å². The summed E-state index contributed by atoms with van der Waals surface area (Å²) in [5.74, 6) is 0. The van der Waals surface area contributed by atoms with Crippen LogP contribution in [0.3, 0.4) is 0 Å². The third-order valence-corrected chi connectivity index (χ3v) is 1.50. The molecule has 4 heteroatoms. The smallest absolute Gasteiger partial charge is 0.257 e. The van der Waals surface area contributed by atoms with Crippen molar-refractivity contribution in [2.45, 2.75) is 0 Å². The van der Waals surface area contributed by atoms with Crippen molar-refractivity contribution >= 4 is 16.8 Å². The molecule has 0 amide bonds. The van der Waals surface area contributed by atoms with Gasteiger partial charge in [0.05, 0.1) is 23.5 Å². The van der Waals surface area contributed by atoms with Gasteiger partial charge in [0.25, 0.3) is 5.71 Å². The Labute approximate surface area is 63.2 Å². The third-order valence-electron chi connectivity index (χ3n) is 1.50. The SMILES string of the molecule is CNc1cnc2oncc2c1. The van der Waals surface area contributed by atoms with Crippen LogP contribution in [0.5, 0.6) is 0 Å². The summed E-state index contributed by atoms with van der Waals surface area (Å²) in [7, 11) is 1.84. The molecule has 0 aromatic carbocycles. The summed E-state index contributed by atoms with van der Waals surface area (Å²) in [4.78, 5) is 4.02. The molecule has 0 aliphatic rings. The van der Waals surface area contributed by atoms with Crippen molar-refractivity contribution in [3.8, 4) is 0 Å². The maximum atomic E-state index is 4.83. The third kappa shape index (κ3) is 0.920. The standard InChI is InChI=1S/C7H7N3O/c1-8-6-2-5-3-10-11-7(5)9-4-6/h2-4,8H,1H3. The Kier molecular flexibility index (Phi) is 1.25. The molecule has 0 bridgehead atoms. The second-order valence-corrected chi connectivity index (χ2v) is 2.19. The van der Waals surface area contributed by atoms with Crippen LogP contribution in [0.15, 0.2) is 23.0 Å². The fraction of sp³-hybridized carbons (Fsp3) is 0.143. The second-order valence-electron chi connectivity index (χ2n) is 2.19. The lowest BCUT2D eigenvalue weighted by atomic mass is 10.3. The number of anilines is 1. The van der Waals surface area contributed by atoms with Crippen LogP contribution < -0.4 is 5.32 Å². The first kappa shape index (κ1) is 6.15. The molecule has 56 valence electrons. The summed E-state index contributed by atoms with van der Waals surface area (Å²) < 4.78 is 4.83. The van der Waals surface area contributed by atoms with Crippen molar-refractivity contribution in [1.29, 1.82) is 0 Å². The fourth-order valence-electron chi connectivity index (χ4n) is 0.908. The minimum Gasteiger partial charge on any atom is -0.387 e. The number of rotatable bonds is 1. The zero-order valence-corrected chi connectivity index (χ0v) is 6.03. The van der Waals surface area contributed by atoms with Gasteiger partial charge in [-0.3, -0.25) is 0 Å². The molecular formula is C7H7N3O. The molecule has 1 N–H and O–H groups in total. The Balaban J connectivity index is 2.67. The van der Waals surface area contributed by atoms with Crippen molar-refractivity contribution in [2.75, 3.05) is 12.4 Å². The van der Waals surface area contributed by atoms with Crippen LogP contribution in [-0.4, -0.2) is 17.2 Å². The van der Waals surface area contributed by atoms with Crippen molar-refractivity contribution in [1.82, 2.24) is 10.1 Å². The van der Waals surface area contributed by atoms with Crippen LogP contribution in [-0.2, 0) is 0 Å². The summed E-state index contributed by atoms with van der Waals surface area (Å²) >= 11 is 0. The Morgan fingerprint density at radius 2 is 2.36 bits per heavy atom. The monoisotopic (exact) mass is 149 g/mol. The Bertz CT molecular complexity index is 368. The number of nitrogens with one attached hydrogen (secondary N) is 1. The molecular weight excluding hydrogens is 142 g/mol. The largest absolute Gasteiger partial charge is 0.387 e. The molecule has 0 saturated carbocycles. The summed E-state index contributed by atoms with van der Waals surface area (Å²) in [6, 6.07) is 1.93. The lowest BCUT2D eigenvalue weighted by Crippen LogP contribution is -1.87. The van der Waals surface area contributed by atoms with Crippen LogP contribution in [0.4, 0.5) is 5.69 Å².